The van der Waals surface area contributed by atoms with Gasteiger partial charge in [0.2, 0.25) is 5.91 Å². The normalized spacial score (nSPS) is 24.5. The molecule has 2 atom stereocenters. The molecule has 2 aromatic heterocycles. The van der Waals surface area contributed by atoms with E-state index in [9.17, 15) is 13.2 Å². The number of amides is 1. The van der Waals surface area contributed by atoms with Gasteiger partial charge in [-0.15, -0.1) is 0 Å². The van der Waals surface area contributed by atoms with Crippen LogP contribution >= 0.6 is 0 Å². The van der Waals surface area contributed by atoms with E-state index in [4.69, 9.17) is 0 Å². The van der Waals surface area contributed by atoms with Crippen LogP contribution in [0.4, 0.5) is 5.82 Å². The molecule has 0 bridgehead atoms. The molecule has 140 valence electrons. The summed E-state index contributed by atoms with van der Waals surface area (Å²) in [5, 5.41) is 12.1. The SMILES string of the molecule is CCn1cc([C@@H]2CC(=O)Nc3c2c(C)nn3[C@@H]2CCS(=O)(=O)C2)c(C)n1. The summed E-state index contributed by atoms with van der Waals surface area (Å²) in [5.41, 5.74) is 3.75. The molecular formula is C17H23N5O3S. The van der Waals surface area contributed by atoms with E-state index >= 15 is 0 Å². The highest BCUT2D eigenvalue weighted by molar-refractivity contribution is 7.91. The Hall–Kier alpha value is -2.16. The molecule has 0 unspecified atom stereocenters. The van der Waals surface area contributed by atoms with Crippen molar-refractivity contribution >= 4 is 21.6 Å². The zero-order chi connectivity index (χ0) is 18.6. The van der Waals surface area contributed by atoms with E-state index in [-0.39, 0.29) is 29.4 Å². The van der Waals surface area contributed by atoms with E-state index in [2.05, 4.69) is 15.5 Å². The summed E-state index contributed by atoms with van der Waals surface area (Å²) in [4.78, 5) is 12.4. The number of sulfone groups is 1. The molecule has 2 aliphatic rings. The second-order valence-corrected chi connectivity index (χ2v) is 9.41. The number of nitrogens with one attached hydrogen (secondary N) is 1. The van der Waals surface area contributed by atoms with Crippen LogP contribution in [-0.4, -0.2) is 45.4 Å². The lowest BCUT2D eigenvalue weighted by atomic mass is 9.86. The van der Waals surface area contributed by atoms with Crippen LogP contribution < -0.4 is 5.32 Å². The average molecular weight is 377 g/mol. The lowest BCUT2D eigenvalue weighted by molar-refractivity contribution is -0.116. The molecule has 0 spiro atoms. The third-order valence-electron chi connectivity index (χ3n) is 5.37. The Labute approximate surface area is 152 Å². The summed E-state index contributed by atoms with van der Waals surface area (Å²) in [7, 11) is -3.03. The van der Waals surface area contributed by atoms with Crippen molar-refractivity contribution in [3.05, 3.63) is 28.7 Å². The van der Waals surface area contributed by atoms with Crippen molar-refractivity contribution in [3.63, 3.8) is 0 Å². The van der Waals surface area contributed by atoms with Crippen molar-refractivity contribution in [1.82, 2.24) is 19.6 Å². The van der Waals surface area contributed by atoms with Gasteiger partial charge in [-0.25, -0.2) is 13.1 Å². The van der Waals surface area contributed by atoms with Crippen molar-refractivity contribution in [2.24, 2.45) is 0 Å². The lowest BCUT2D eigenvalue weighted by Gasteiger charge is -2.25. The van der Waals surface area contributed by atoms with Gasteiger partial charge in [-0.1, -0.05) is 0 Å². The first-order chi connectivity index (χ1) is 12.3. The predicted molar refractivity (Wildman–Crippen MR) is 97.0 cm³/mol. The lowest BCUT2D eigenvalue weighted by Crippen LogP contribution is -2.26. The highest BCUT2D eigenvalue weighted by Crippen LogP contribution is 2.42. The van der Waals surface area contributed by atoms with E-state index < -0.39 is 9.84 Å². The Morgan fingerprint density at radius 3 is 2.65 bits per heavy atom. The molecule has 0 saturated carbocycles. The van der Waals surface area contributed by atoms with Crippen LogP contribution in [0.15, 0.2) is 6.20 Å². The van der Waals surface area contributed by atoms with Crippen LogP contribution in [0.3, 0.4) is 0 Å². The maximum atomic E-state index is 12.4. The highest BCUT2D eigenvalue weighted by atomic mass is 32.2. The number of aromatic nitrogens is 4. The van der Waals surface area contributed by atoms with Crippen molar-refractivity contribution in [2.45, 2.75) is 52.1 Å². The van der Waals surface area contributed by atoms with Gasteiger partial charge in [0.05, 0.1) is 28.9 Å². The quantitative estimate of drug-likeness (QED) is 0.875. The van der Waals surface area contributed by atoms with Gasteiger partial charge in [-0.05, 0) is 27.2 Å². The fourth-order valence-electron chi connectivity index (χ4n) is 4.11. The summed E-state index contributed by atoms with van der Waals surface area (Å²) >= 11 is 0. The summed E-state index contributed by atoms with van der Waals surface area (Å²) in [6, 6.07) is -0.221. The fourth-order valence-corrected chi connectivity index (χ4v) is 5.80. The van der Waals surface area contributed by atoms with Crippen molar-refractivity contribution < 1.29 is 13.2 Å². The van der Waals surface area contributed by atoms with E-state index in [1.807, 2.05) is 31.6 Å². The number of anilines is 1. The first-order valence-corrected chi connectivity index (χ1v) is 10.7. The largest absolute Gasteiger partial charge is 0.311 e. The first-order valence-electron chi connectivity index (χ1n) is 8.92. The van der Waals surface area contributed by atoms with Crippen LogP contribution in [0.5, 0.6) is 0 Å². The van der Waals surface area contributed by atoms with Crippen LogP contribution in [0.25, 0.3) is 0 Å². The minimum Gasteiger partial charge on any atom is -0.311 e. The summed E-state index contributed by atoms with van der Waals surface area (Å²) < 4.78 is 27.4. The second kappa shape index (κ2) is 5.94. The second-order valence-electron chi connectivity index (χ2n) is 7.18. The number of hydrogen-bond donors (Lipinski definition) is 1. The zero-order valence-corrected chi connectivity index (χ0v) is 16.0. The number of rotatable bonds is 3. The first kappa shape index (κ1) is 17.3. The molecule has 1 saturated heterocycles. The molecular weight excluding hydrogens is 354 g/mol. The molecule has 26 heavy (non-hydrogen) atoms. The zero-order valence-electron chi connectivity index (χ0n) is 15.2. The van der Waals surface area contributed by atoms with Crippen molar-refractivity contribution in [3.8, 4) is 0 Å². The molecule has 4 rings (SSSR count). The Morgan fingerprint density at radius 2 is 2.04 bits per heavy atom. The number of carbonyl (C=O) groups is 1. The van der Waals surface area contributed by atoms with E-state index in [0.717, 1.165) is 29.1 Å². The molecule has 8 nitrogen and oxygen atoms in total. The number of nitrogens with zero attached hydrogens (tertiary/aromatic N) is 4. The monoisotopic (exact) mass is 377 g/mol. The van der Waals surface area contributed by atoms with Gasteiger partial charge in [0.25, 0.3) is 0 Å². The van der Waals surface area contributed by atoms with Crippen molar-refractivity contribution in [2.75, 3.05) is 16.8 Å². The molecule has 0 aromatic carbocycles. The Kier molecular flexibility index (Phi) is 3.94. The molecule has 4 heterocycles. The predicted octanol–water partition coefficient (Wildman–Crippen LogP) is 1.55. The van der Waals surface area contributed by atoms with Gasteiger partial charge in [0, 0.05) is 36.2 Å². The van der Waals surface area contributed by atoms with Crippen LogP contribution in [0.2, 0.25) is 0 Å². The number of carbonyl (C=O) groups excluding carboxylic acids is 1. The van der Waals surface area contributed by atoms with Crippen LogP contribution in [0, 0.1) is 13.8 Å². The summed E-state index contributed by atoms with van der Waals surface area (Å²) in [6.07, 6.45) is 2.88. The van der Waals surface area contributed by atoms with Crippen LogP contribution in [0.1, 0.15) is 54.2 Å². The number of fused-ring (bicyclic) bond motifs is 1. The molecule has 0 radical (unpaired) electrons. The minimum absolute atomic E-state index is 0.0758. The third kappa shape index (κ3) is 2.74. The van der Waals surface area contributed by atoms with Gasteiger partial charge < -0.3 is 5.32 Å². The van der Waals surface area contributed by atoms with Gasteiger partial charge >= 0.3 is 0 Å². The smallest absolute Gasteiger partial charge is 0.226 e. The molecule has 1 amide bonds. The number of hydrogen-bond acceptors (Lipinski definition) is 5. The molecule has 9 heteroatoms. The molecule has 0 aliphatic carbocycles. The van der Waals surface area contributed by atoms with Gasteiger partial charge in [0.1, 0.15) is 5.82 Å². The van der Waals surface area contributed by atoms with Gasteiger partial charge in [-0.2, -0.15) is 10.2 Å². The van der Waals surface area contributed by atoms with E-state index in [0.29, 0.717) is 18.7 Å². The summed E-state index contributed by atoms with van der Waals surface area (Å²) in [5.74, 6) is 0.715. The number of aryl methyl sites for hydroxylation is 3. The average Bonchev–Trinajstić information content (AvgIpc) is 3.22. The van der Waals surface area contributed by atoms with Crippen LogP contribution in [-0.2, 0) is 21.2 Å². The fraction of sp³-hybridized carbons (Fsp3) is 0.588. The summed E-state index contributed by atoms with van der Waals surface area (Å²) in [6.45, 7) is 6.67. The van der Waals surface area contributed by atoms with Crippen molar-refractivity contribution in [1.29, 1.82) is 0 Å². The van der Waals surface area contributed by atoms with Gasteiger partial charge in [-0.3, -0.25) is 9.48 Å². The molecule has 1 N–H and O–H groups in total. The molecule has 2 aromatic rings. The van der Waals surface area contributed by atoms with E-state index in [1.54, 1.807) is 4.68 Å². The minimum atomic E-state index is -3.03. The Morgan fingerprint density at radius 1 is 1.27 bits per heavy atom. The van der Waals surface area contributed by atoms with Gasteiger partial charge in [0.15, 0.2) is 9.84 Å². The third-order valence-corrected chi connectivity index (χ3v) is 7.12. The Bertz CT molecular complexity index is 988. The van der Waals surface area contributed by atoms with E-state index in [1.165, 1.54) is 0 Å². The highest BCUT2D eigenvalue weighted by Gasteiger charge is 2.38. The Balaban J connectivity index is 1.81. The maximum absolute atomic E-state index is 12.4. The maximum Gasteiger partial charge on any atom is 0.226 e. The molecule has 1 fully saturated rings. The standard InChI is InChI=1S/C17H23N5O3S/c1-4-21-8-14(10(2)19-21)13-7-15(23)18-17-16(13)11(3)20-22(17)12-5-6-26(24,25)9-12/h8,12-13H,4-7,9H2,1-3H3,(H,18,23)/t12-,13+/m1/s1. The molecule has 2 aliphatic heterocycles. The topological polar surface area (TPSA) is 98.9 Å².